The molecule has 9 heteroatoms. The Labute approximate surface area is 145 Å². The van der Waals surface area contributed by atoms with Crippen molar-refractivity contribution in [2.75, 3.05) is 0 Å². The van der Waals surface area contributed by atoms with Gasteiger partial charge in [0.1, 0.15) is 5.82 Å². The second-order valence-corrected chi connectivity index (χ2v) is 5.35. The van der Waals surface area contributed by atoms with Crippen LogP contribution >= 0.6 is 0 Å². The highest BCUT2D eigenvalue weighted by Crippen LogP contribution is 2.23. The zero-order chi connectivity index (χ0) is 18.3. The van der Waals surface area contributed by atoms with Gasteiger partial charge >= 0.3 is 5.97 Å². The van der Waals surface area contributed by atoms with Gasteiger partial charge in [-0.25, -0.2) is 13.9 Å². The van der Waals surface area contributed by atoms with Crippen LogP contribution in [0.3, 0.4) is 0 Å². The smallest absolute Gasteiger partial charge is 0.322 e. The van der Waals surface area contributed by atoms with Gasteiger partial charge in [0, 0.05) is 0 Å². The van der Waals surface area contributed by atoms with Crippen LogP contribution in [0.15, 0.2) is 54.7 Å². The maximum atomic E-state index is 13.0. The number of hydrogen-bond donors (Lipinski definition) is 0. The average Bonchev–Trinajstić information content (AvgIpc) is 3.23. The van der Waals surface area contributed by atoms with E-state index in [1.54, 1.807) is 12.1 Å². The first-order chi connectivity index (χ1) is 12.5. The summed E-state index contributed by atoms with van der Waals surface area (Å²) in [6.07, 6.45) is 1.24. The fraction of sp³-hybridized carbons (Fsp3) is 0. The Morgan fingerprint density at radius 2 is 1.58 bits per heavy atom. The van der Waals surface area contributed by atoms with Crippen molar-refractivity contribution in [2.45, 2.75) is 0 Å². The Balaban J connectivity index is 1.54. The zero-order valence-electron chi connectivity index (χ0n) is 13.0. The number of rotatable bonds is 3. The highest BCUT2D eigenvalue weighted by molar-refractivity contribution is 6.21. The van der Waals surface area contributed by atoms with Crippen molar-refractivity contribution in [2.24, 2.45) is 0 Å². The molecule has 4 rings (SSSR count). The minimum absolute atomic E-state index is 0.153. The molecular formula is C17H9FN4O4. The first-order valence-corrected chi connectivity index (χ1v) is 7.43. The van der Waals surface area contributed by atoms with Crippen molar-refractivity contribution in [1.29, 1.82) is 0 Å². The number of benzene rings is 2. The van der Waals surface area contributed by atoms with Crippen LogP contribution in [0.4, 0.5) is 4.39 Å². The summed E-state index contributed by atoms with van der Waals surface area (Å²) in [4.78, 5) is 41.5. The third kappa shape index (κ3) is 2.51. The summed E-state index contributed by atoms with van der Waals surface area (Å²) in [6.45, 7) is 0. The van der Waals surface area contributed by atoms with Gasteiger partial charge in [-0.15, -0.1) is 5.10 Å². The summed E-state index contributed by atoms with van der Waals surface area (Å²) in [6, 6.07) is 11.5. The lowest BCUT2D eigenvalue weighted by atomic mass is 10.1. The Morgan fingerprint density at radius 3 is 2.19 bits per heavy atom. The molecule has 2 aromatic carbocycles. The van der Waals surface area contributed by atoms with Crippen LogP contribution in [-0.4, -0.2) is 37.8 Å². The van der Waals surface area contributed by atoms with Crippen molar-refractivity contribution in [3.63, 3.8) is 0 Å². The third-order valence-electron chi connectivity index (χ3n) is 3.72. The summed E-state index contributed by atoms with van der Waals surface area (Å²) in [7, 11) is 0. The van der Waals surface area contributed by atoms with Crippen molar-refractivity contribution in [3.8, 4) is 5.69 Å². The summed E-state index contributed by atoms with van der Waals surface area (Å²) in [5, 5.41) is 7.79. The Hall–Kier alpha value is -3.88. The van der Waals surface area contributed by atoms with E-state index in [4.69, 9.17) is 4.84 Å². The number of carbonyl (C=O) groups is 3. The number of hydrogen-bond acceptors (Lipinski definition) is 6. The summed E-state index contributed by atoms with van der Waals surface area (Å²) in [5.74, 6) is -2.90. The molecule has 1 aromatic heterocycles. The molecule has 0 atom stereocenters. The Bertz CT molecular complexity index is 1010. The van der Waals surface area contributed by atoms with Crippen molar-refractivity contribution >= 4 is 17.8 Å². The molecule has 0 fully saturated rings. The van der Waals surface area contributed by atoms with Gasteiger partial charge in [-0.3, -0.25) is 9.59 Å². The molecule has 0 aliphatic carbocycles. The lowest BCUT2D eigenvalue weighted by molar-refractivity contribution is -0.0588. The molecule has 26 heavy (non-hydrogen) atoms. The molecule has 2 heterocycles. The standard InChI is InChI=1S/C17H9FN4O4/c18-10-5-7-11(8-6-10)21-9-14(19-20-21)17(25)26-22-15(23)12-3-1-2-4-13(12)16(22)24/h1-9H. The van der Waals surface area contributed by atoms with E-state index in [1.807, 2.05) is 0 Å². The number of imide groups is 1. The molecule has 0 saturated carbocycles. The van der Waals surface area contributed by atoms with Crippen LogP contribution in [0.2, 0.25) is 0 Å². The quantitative estimate of drug-likeness (QED) is 0.667. The molecule has 0 radical (unpaired) electrons. The molecule has 1 aliphatic heterocycles. The average molecular weight is 352 g/mol. The van der Waals surface area contributed by atoms with Gasteiger partial charge < -0.3 is 4.84 Å². The maximum Gasteiger partial charge on any atom is 0.385 e. The molecular weight excluding hydrogens is 343 g/mol. The van der Waals surface area contributed by atoms with Crippen LogP contribution in [-0.2, 0) is 4.84 Å². The fourth-order valence-electron chi connectivity index (χ4n) is 2.46. The minimum Gasteiger partial charge on any atom is -0.322 e. The second-order valence-electron chi connectivity index (χ2n) is 5.35. The predicted octanol–water partition coefficient (Wildman–Crippen LogP) is 1.77. The minimum atomic E-state index is -1.02. The van der Waals surface area contributed by atoms with E-state index >= 15 is 0 Å². The monoisotopic (exact) mass is 352 g/mol. The van der Waals surface area contributed by atoms with E-state index < -0.39 is 23.6 Å². The number of nitrogens with zero attached hydrogens (tertiary/aromatic N) is 4. The summed E-state index contributed by atoms with van der Waals surface area (Å²) < 4.78 is 14.2. The van der Waals surface area contributed by atoms with E-state index in [1.165, 1.54) is 47.3 Å². The highest BCUT2D eigenvalue weighted by Gasteiger charge is 2.39. The van der Waals surface area contributed by atoms with E-state index in [9.17, 15) is 18.8 Å². The van der Waals surface area contributed by atoms with Crippen LogP contribution in [0.5, 0.6) is 0 Å². The molecule has 1 aliphatic rings. The van der Waals surface area contributed by atoms with Gasteiger partial charge in [0.25, 0.3) is 11.8 Å². The first kappa shape index (κ1) is 15.6. The molecule has 0 unspecified atom stereocenters. The van der Waals surface area contributed by atoms with Crippen molar-refractivity contribution in [1.82, 2.24) is 20.1 Å². The van der Waals surface area contributed by atoms with E-state index in [0.29, 0.717) is 10.8 Å². The topological polar surface area (TPSA) is 94.4 Å². The number of amides is 2. The second kappa shape index (κ2) is 5.88. The summed E-state index contributed by atoms with van der Waals surface area (Å²) in [5.41, 5.74) is 0.560. The number of halogens is 1. The first-order valence-electron chi connectivity index (χ1n) is 7.43. The SMILES string of the molecule is O=C(ON1C(=O)c2ccccc2C1=O)c1cn(-c2ccc(F)cc2)nn1. The van der Waals surface area contributed by atoms with E-state index in [0.717, 1.165) is 0 Å². The van der Waals surface area contributed by atoms with Gasteiger partial charge in [0.05, 0.1) is 23.0 Å². The normalized spacial score (nSPS) is 13.0. The Kier molecular flexibility index (Phi) is 3.54. The molecule has 0 saturated heterocycles. The summed E-state index contributed by atoms with van der Waals surface area (Å²) >= 11 is 0. The lowest BCUT2D eigenvalue weighted by Crippen LogP contribution is -2.32. The molecule has 3 aromatic rings. The number of carbonyl (C=O) groups excluding carboxylic acids is 3. The third-order valence-corrected chi connectivity index (χ3v) is 3.72. The zero-order valence-corrected chi connectivity index (χ0v) is 13.0. The molecule has 0 bridgehead atoms. The van der Waals surface area contributed by atoms with Gasteiger partial charge in [-0.1, -0.05) is 22.4 Å². The van der Waals surface area contributed by atoms with Gasteiger partial charge in [0.2, 0.25) is 0 Å². The molecule has 0 spiro atoms. The van der Waals surface area contributed by atoms with Gasteiger partial charge in [-0.05, 0) is 36.4 Å². The molecule has 2 amide bonds. The number of hydroxylamine groups is 2. The van der Waals surface area contributed by atoms with Crippen LogP contribution in [0.25, 0.3) is 5.69 Å². The largest absolute Gasteiger partial charge is 0.385 e. The van der Waals surface area contributed by atoms with Gasteiger partial charge in [-0.2, -0.15) is 0 Å². The van der Waals surface area contributed by atoms with Crippen LogP contribution < -0.4 is 0 Å². The molecule has 8 nitrogen and oxygen atoms in total. The number of aromatic nitrogens is 3. The van der Waals surface area contributed by atoms with E-state index in [-0.39, 0.29) is 16.8 Å². The Morgan fingerprint density at radius 1 is 0.962 bits per heavy atom. The van der Waals surface area contributed by atoms with Crippen molar-refractivity contribution < 1.29 is 23.6 Å². The van der Waals surface area contributed by atoms with E-state index in [2.05, 4.69) is 10.3 Å². The fourth-order valence-corrected chi connectivity index (χ4v) is 2.46. The lowest BCUT2D eigenvalue weighted by Gasteiger charge is -2.11. The molecule has 0 N–H and O–H groups in total. The van der Waals surface area contributed by atoms with Crippen LogP contribution in [0, 0.1) is 5.82 Å². The highest BCUT2D eigenvalue weighted by atomic mass is 19.1. The van der Waals surface area contributed by atoms with Crippen LogP contribution in [0.1, 0.15) is 31.2 Å². The molecule has 128 valence electrons. The van der Waals surface area contributed by atoms with Crippen molar-refractivity contribution in [3.05, 3.63) is 77.4 Å². The maximum absolute atomic E-state index is 13.0. The number of fused-ring (bicyclic) bond motifs is 1. The predicted molar refractivity (Wildman–Crippen MR) is 83.7 cm³/mol. The van der Waals surface area contributed by atoms with Gasteiger partial charge in [0.15, 0.2) is 5.69 Å².